The van der Waals surface area contributed by atoms with Gasteiger partial charge in [-0.25, -0.2) is 0 Å². The zero-order valence-electron chi connectivity index (χ0n) is 22.7. The van der Waals surface area contributed by atoms with Crippen molar-refractivity contribution in [1.82, 2.24) is 0 Å². The van der Waals surface area contributed by atoms with E-state index in [1.165, 1.54) is 24.3 Å². The minimum absolute atomic E-state index is 0. The second kappa shape index (κ2) is 16.2. The molecule has 0 spiro atoms. The van der Waals surface area contributed by atoms with Crippen LogP contribution in [0.15, 0.2) is 109 Å². The largest absolute Gasteiger partial charge is 0.506 e. The molecule has 0 bridgehead atoms. The first-order chi connectivity index (χ1) is 20.0. The molecule has 0 saturated heterocycles. The van der Waals surface area contributed by atoms with E-state index in [1.54, 1.807) is 24.3 Å². The number of halogens is 2. The van der Waals surface area contributed by atoms with E-state index < -0.39 is 0 Å². The van der Waals surface area contributed by atoms with Gasteiger partial charge >= 0.3 is 0 Å². The number of nitrogens with two attached hydrogens (primary N) is 4. The Morgan fingerprint density at radius 2 is 0.744 bits per heavy atom. The number of anilines is 4. The van der Waals surface area contributed by atoms with Crippen molar-refractivity contribution < 1.29 is 42.1 Å². The Morgan fingerprint density at radius 3 is 1.07 bits per heavy atom. The molecule has 43 heavy (non-hydrogen) atoms. The molecule has 0 saturated carbocycles. The third kappa shape index (κ3) is 9.80. The molecule has 0 radical (unpaired) electrons. The maximum Gasteiger partial charge on any atom is 0.139 e. The van der Waals surface area contributed by atoms with Crippen LogP contribution in [0, 0.1) is 0 Å². The molecule has 220 valence electrons. The predicted molar refractivity (Wildman–Crippen MR) is 175 cm³/mol. The maximum atomic E-state index is 9.29. The summed E-state index contributed by atoms with van der Waals surface area (Å²) in [6.45, 7) is 0. The normalized spacial score (nSPS) is 9.72. The van der Waals surface area contributed by atoms with Gasteiger partial charge in [-0.15, -0.1) is 0 Å². The molecule has 0 fully saturated rings. The quantitative estimate of drug-likeness (QED) is 0.0470. The van der Waals surface area contributed by atoms with Gasteiger partial charge in [0.1, 0.15) is 23.0 Å². The smallest absolute Gasteiger partial charge is 0.139 e. The number of benzene rings is 6. The molecule has 0 aliphatic heterocycles. The van der Waals surface area contributed by atoms with E-state index in [-0.39, 0.29) is 44.7 Å². The van der Waals surface area contributed by atoms with Gasteiger partial charge in [0.2, 0.25) is 0 Å². The SMILES string of the molecule is Nc1c(O)ccc2ccccc12.Nc1c(O)ccc2ccccc12.Nc1cc(Cl)ccc1O.Nc1cc(Cl)ccc1O.[Ti]. The summed E-state index contributed by atoms with van der Waals surface area (Å²) in [5.74, 6) is 0.432. The molecule has 12 N–H and O–H groups in total. The van der Waals surface area contributed by atoms with Crippen LogP contribution >= 0.6 is 23.2 Å². The van der Waals surface area contributed by atoms with Gasteiger partial charge in [-0.3, -0.25) is 0 Å². The Labute approximate surface area is 273 Å². The summed E-state index contributed by atoms with van der Waals surface area (Å²) in [5, 5.41) is 41.3. The molecule has 0 unspecified atom stereocenters. The van der Waals surface area contributed by atoms with Crippen LogP contribution in [-0.4, -0.2) is 20.4 Å². The number of rotatable bonds is 0. The van der Waals surface area contributed by atoms with Crippen LogP contribution in [0.2, 0.25) is 10.0 Å². The Balaban J connectivity index is 0.000000201. The van der Waals surface area contributed by atoms with Gasteiger partial charge < -0.3 is 43.4 Å². The topological polar surface area (TPSA) is 185 Å². The van der Waals surface area contributed by atoms with Crippen molar-refractivity contribution in [2.75, 3.05) is 22.9 Å². The molecular formula is C32H30Cl2N4O4Ti. The van der Waals surface area contributed by atoms with Crippen LogP contribution in [0.25, 0.3) is 21.5 Å². The van der Waals surface area contributed by atoms with Gasteiger partial charge in [-0.1, -0.05) is 83.9 Å². The summed E-state index contributed by atoms with van der Waals surface area (Å²) in [7, 11) is 0. The summed E-state index contributed by atoms with van der Waals surface area (Å²) in [6.07, 6.45) is 0. The number of hydrogen-bond acceptors (Lipinski definition) is 8. The summed E-state index contributed by atoms with van der Waals surface area (Å²) < 4.78 is 0. The Morgan fingerprint density at radius 1 is 0.419 bits per heavy atom. The zero-order valence-corrected chi connectivity index (χ0v) is 25.8. The van der Waals surface area contributed by atoms with Crippen LogP contribution in [0.5, 0.6) is 23.0 Å². The molecule has 0 aliphatic carbocycles. The number of hydrogen-bond donors (Lipinski definition) is 8. The number of phenols is 4. The molecular weight excluding hydrogens is 623 g/mol. The van der Waals surface area contributed by atoms with Gasteiger partial charge in [0, 0.05) is 42.5 Å². The first-order valence-electron chi connectivity index (χ1n) is 12.4. The van der Waals surface area contributed by atoms with Crippen molar-refractivity contribution in [3.63, 3.8) is 0 Å². The first kappa shape index (κ1) is 34.7. The monoisotopic (exact) mass is 652 g/mol. The van der Waals surface area contributed by atoms with Crippen molar-refractivity contribution in [3.8, 4) is 23.0 Å². The van der Waals surface area contributed by atoms with Crippen molar-refractivity contribution >= 4 is 67.5 Å². The van der Waals surface area contributed by atoms with Gasteiger partial charge in [-0.2, -0.15) is 0 Å². The Bertz CT molecular complexity index is 1690. The van der Waals surface area contributed by atoms with E-state index in [9.17, 15) is 10.2 Å². The average Bonchev–Trinajstić information content (AvgIpc) is 2.98. The van der Waals surface area contributed by atoms with Crippen LogP contribution < -0.4 is 22.9 Å². The molecule has 11 heteroatoms. The summed E-state index contributed by atoms with van der Waals surface area (Å²) in [5.41, 5.74) is 23.4. The summed E-state index contributed by atoms with van der Waals surface area (Å²) >= 11 is 11.1. The number of nitrogen functional groups attached to an aromatic ring is 4. The molecule has 0 aromatic heterocycles. The van der Waals surface area contributed by atoms with Gasteiger partial charge in [-0.05, 0) is 59.3 Å². The Hall–Kier alpha value is -4.47. The molecule has 0 atom stereocenters. The second-order valence-electron chi connectivity index (χ2n) is 8.85. The van der Waals surface area contributed by atoms with Crippen LogP contribution in [0.3, 0.4) is 0 Å². The van der Waals surface area contributed by atoms with Crippen molar-refractivity contribution in [3.05, 3.63) is 119 Å². The molecule has 0 aliphatic rings. The summed E-state index contributed by atoms with van der Waals surface area (Å²) in [4.78, 5) is 0. The second-order valence-corrected chi connectivity index (χ2v) is 9.72. The Kier molecular flexibility index (Phi) is 13.1. The molecule has 6 rings (SSSR count). The van der Waals surface area contributed by atoms with E-state index in [1.807, 2.05) is 60.7 Å². The number of phenolic OH excluding ortho intramolecular Hbond substituents is 4. The minimum atomic E-state index is 0. The van der Waals surface area contributed by atoms with E-state index in [0.717, 1.165) is 21.5 Å². The first-order valence-corrected chi connectivity index (χ1v) is 13.1. The van der Waals surface area contributed by atoms with Crippen LogP contribution in [0.1, 0.15) is 0 Å². The molecule has 0 amide bonds. The standard InChI is InChI=1S/2C10H9NO.2C6H6ClNO.Ti/c2*11-10-8-4-2-1-3-7(8)5-6-9(10)12;2*7-4-1-2-6(9)5(8)3-4;/h2*1-6,12H,11H2;2*1-3,9H,8H2;. The van der Waals surface area contributed by atoms with Gasteiger partial charge in [0.15, 0.2) is 0 Å². The third-order valence-corrected chi connectivity index (χ3v) is 6.34. The van der Waals surface area contributed by atoms with Crippen LogP contribution in [-0.2, 0) is 21.7 Å². The molecule has 0 heterocycles. The van der Waals surface area contributed by atoms with E-state index in [0.29, 0.717) is 32.8 Å². The molecule has 6 aromatic rings. The maximum absolute atomic E-state index is 9.29. The number of aromatic hydroxyl groups is 4. The fraction of sp³-hybridized carbons (Fsp3) is 0. The van der Waals surface area contributed by atoms with Crippen molar-refractivity contribution in [1.29, 1.82) is 0 Å². The fourth-order valence-corrected chi connectivity index (χ4v) is 3.98. The van der Waals surface area contributed by atoms with Crippen molar-refractivity contribution in [2.45, 2.75) is 0 Å². The minimum Gasteiger partial charge on any atom is -0.506 e. The van der Waals surface area contributed by atoms with Crippen molar-refractivity contribution in [2.24, 2.45) is 0 Å². The molecule has 8 nitrogen and oxygen atoms in total. The average molecular weight is 653 g/mol. The van der Waals surface area contributed by atoms with Gasteiger partial charge in [0.05, 0.1) is 22.7 Å². The van der Waals surface area contributed by atoms with Gasteiger partial charge in [0.25, 0.3) is 0 Å². The predicted octanol–water partition coefficient (Wildman–Crippen LogP) is 7.51. The number of fused-ring (bicyclic) bond motifs is 2. The summed E-state index contributed by atoms with van der Waals surface area (Å²) in [6, 6.07) is 31.4. The fourth-order valence-electron chi connectivity index (χ4n) is 3.62. The van der Waals surface area contributed by atoms with E-state index in [2.05, 4.69) is 0 Å². The van der Waals surface area contributed by atoms with E-state index in [4.69, 9.17) is 56.3 Å². The molecule has 6 aromatic carbocycles. The third-order valence-electron chi connectivity index (χ3n) is 5.87. The zero-order chi connectivity index (χ0) is 30.8. The van der Waals surface area contributed by atoms with Crippen LogP contribution in [0.4, 0.5) is 22.7 Å². The van der Waals surface area contributed by atoms with E-state index >= 15 is 0 Å².